The van der Waals surface area contributed by atoms with Crippen LogP contribution in [0.4, 0.5) is 0 Å². The molecule has 1 aliphatic heterocycles. The highest BCUT2D eigenvalue weighted by Crippen LogP contribution is 2.00. The number of rotatable bonds is 2. The van der Waals surface area contributed by atoms with E-state index in [9.17, 15) is 4.79 Å². The predicted molar refractivity (Wildman–Crippen MR) is 55.5 cm³/mol. The van der Waals surface area contributed by atoms with Gasteiger partial charge in [-0.3, -0.25) is 9.78 Å². The summed E-state index contributed by atoms with van der Waals surface area (Å²) in [5.74, 6) is -0.142. The van der Waals surface area contributed by atoms with Crippen molar-refractivity contribution in [1.82, 2.24) is 20.6 Å². The van der Waals surface area contributed by atoms with Gasteiger partial charge in [0, 0.05) is 18.8 Å². The molecule has 0 radical (unpaired) electrons. The lowest BCUT2D eigenvalue weighted by atomic mass is 10.2. The number of nitrogens with zero attached hydrogens (tertiary/aromatic N) is 2. The Morgan fingerprint density at radius 3 is 3.00 bits per heavy atom. The first kappa shape index (κ1) is 10.0. The summed E-state index contributed by atoms with van der Waals surface area (Å²) in [4.78, 5) is 19.7. The fourth-order valence-corrected chi connectivity index (χ4v) is 1.55. The molecular weight excluding hydrogens is 192 g/mol. The first-order chi connectivity index (χ1) is 7.25. The number of nitrogens with one attached hydrogen (secondary N) is 2. The minimum absolute atomic E-state index is 0.142. The van der Waals surface area contributed by atoms with Crippen LogP contribution >= 0.6 is 0 Å². The van der Waals surface area contributed by atoms with Gasteiger partial charge in [0.1, 0.15) is 5.69 Å². The van der Waals surface area contributed by atoms with Gasteiger partial charge in [0.25, 0.3) is 5.91 Å². The summed E-state index contributed by atoms with van der Waals surface area (Å²) in [5, 5.41) is 6.10. The largest absolute Gasteiger partial charge is 0.347 e. The molecule has 0 unspecified atom stereocenters. The van der Waals surface area contributed by atoms with Gasteiger partial charge in [-0.15, -0.1) is 0 Å². The van der Waals surface area contributed by atoms with Crippen LogP contribution in [-0.4, -0.2) is 35.0 Å². The molecule has 5 nitrogen and oxygen atoms in total. The zero-order valence-corrected chi connectivity index (χ0v) is 8.66. The van der Waals surface area contributed by atoms with E-state index in [2.05, 4.69) is 20.6 Å². The summed E-state index contributed by atoms with van der Waals surface area (Å²) in [7, 11) is 0. The van der Waals surface area contributed by atoms with Crippen LogP contribution in [-0.2, 0) is 0 Å². The van der Waals surface area contributed by atoms with Crippen molar-refractivity contribution in [2.75, 3.05) is 13.1 Å². The molecule has 15 heavy (non-hydrogen) atoms. The molecule has 2 N–H and O–H groups in total. The fourth-order valence-electron chi connectivity index (χ4n) is 1.55. The molecule has 2 rings (SSSR count). The number of carbonyl (C=O) groups excluding carboxylic acids is 1. The lowest BCUT2D eigenvalue weighted by Crippen LogP contribution is -2.36. The molecule has 1 aromatic rings. The maximum Gasteiger partial charge on any atom is 0.271 e. The van der Waals surface area contributed by atoms with Crippen LogP contribution in [0.5, 0.6) is 0 Å². The van der Waals surface area contributed by atoms with Crippen LogP contribution in [0.3, 0.4) is 0 Å². The van der Waals surface area contributed by atoms with Crippen LogP contribution in [0.2, 0.25) is 0 Å². The Labute approximate surface area is 88.3 Å². The third-order valence-electron chi connectivity index (χ3n) is 2.41. The average Bonchev–Trinajstić information content (AvgIpc) is 2.71. The van der Waals surface area contributed by atoms with E-state index in [1.54, 1.807) is 6.20 Å². The van der Waals surface area contributed by atoms with Crippen molar-refractivity contribution in [3.63, 3.8) is 0 Å². The van der Waals surface area contributed by atoms with E-state index < -0.39 is 0 Å². The van der Waals surface area contributed by atoms with E-state index in [0.29, 0.717) is 5.69 Å². The van der Waals surface area contributed by atoms with Gasteiger partial charge in [0.2, 0.25) is 0 Å². The van der Waals surface area contributed by atoms with E-state index in [4.69, 9.17) is 0 Å². The Balaban J connectivity index is 1.98. The first-order valence-corrected chi connectivity index (χ1v) is 5.06. The topological polar surface area (TPSA) is 66.9 Å². The molecule has 1 saturated heterocycles. The molecule has 1 aliphatic rings. The predicted octanol–water partition coefficient (Wildman–Crippen LogP) is -0.123. The van der Waals surface area contributed by atoms with Crippen molar-refractivity contribution in [1.29, 1.82) is 0 Å². The van der Waals surface area contributed by atoms with Gasteiger partial charge in [-0.05, 0) is 19.9 Å². The Morgan fingerprint density at radius 1 is 1.53 bits per heavy atom. The van der Waals surface area contributed by atoms with Gasteiger partial charge >= 0.3 is 0 Å². The third kappa shape index (κ3) is 2.50. The van der Waals surface area contributed by atoms with Crippen molar-refractivity contribution >= 4 is 5.91 Å². The molecule has 80 valence electrons. The fraction of sp³-hybridized carbons (Fsp3) is 0.500. The maximum atomic E-state index is 11.7. The zero-order valence-electron chi connectivity index (χ0n) is 8.66. The molecule has 1 aromatic heterocycles. The van der Waals surface area contributed by atoms with E-state index in [1.165, 1.54) is 6.20 Å². The summed E-state index contributed by atoms with van der Waals surface area (Å²) in [6.45, 7) is 3.64. The smallest absolute Gasteiger partial charge is 0.271 e. The van der Waals surface area contributed by atoms with Gasteiger partial charge in [-0.25, -0.2) is 4.98 Å². The quantitative estimate of drug-likeness (QED) is 0.707. The summed E-state index contributed by atoms with van der Waals surface area (Å²) in [6, 6.07) is 0.223. The molecule has 0 spiro atoms. The molecule has 1 amide bonds. The molecule has 1 atom stereocenters. The van der Waals surface area contributed by atoms with Gasteiger partial charge in [0.05, 0.1) is 11.9 Å². The van der Waals surface area contributed by atoms with Crippen LogP contribution in [0.25, 0.3) is 0 Å². The molecule has 0 aromatic carbocycles. The highest BCUT2D eigenvalue weighted by Gasteiger charge is 2.18. The van der Waals surface area contributed by atoms with Gasteiger partial charge in [0.15, 0.2) is 0 Å². The van der Waals surface area contributed by atoms with Crippen LogP contribution < -0.4 is 10.6 Å². The highest BCUT2D eigenvalue weighted by molar-refractivity contribution is 5.92. The second-order valence-corrected chi connectivity index (χ2v) is 3.71. The van der Waals surface area contributed by atoms with Crippen LogP contribution in [0.1, 0.15) is 22.6 Å². The Hall–Kier alpha value is -1.49. The van der Waals surface area contributed by atoms with Crippen molar-refractivity contribution in [2.24, 2.45) is 0 Å². The molecule has 5 heteroatoms. The summed E-state index contributed by atoms with van der Waals surface area (Å²) < 4.78 is 0. The number of carbonyl (C=O) groups is 1. The number of hydrogen-bond acceptors (Lipinski definition) is 4. The van der Waals surface area contributed by atoms with Crippen LogP contribution in [0.15, 0.2) is 12.4 Å². The lowest BCUT2D eigenvalue weighted by molar-refractivity contribution is 0.0934. The minimum Gasteiger partial charge on any atom is -0.347 e. The summed E-state index contributed by atoms with van der Waals surface area (Å²) in [6.07, 6.45) is 4.08. The number of aromatic nitrogens is 2. The zero-order chi connectivity index (χ0) is 10.7. The summed E-state index contributed by atoms with van der Waals surface area (Å²) >= 11 is 0. The van der Waals surface area contributed by atoms with E-state index in [0.717, 1.165) is 25.2 Å². The van der Waals surface area contributed by atoms with Crippen LogP contribution in [0, 0.1) is 6.92 Å². The summed E-state index contributed by atoms with van der Waals surface area (Å²) in [5.41, 5.74) is 1.20. The number of hydrogen-bond donors (Lipinski definition) is 2. The molecule has 0 aliphatic carbocycles. The minimum atomic E-state index is -0.142. The van der Waals surface area contributed by atoms with Gasteiger partial charge in [-0.1, -0.05) is 0 Å². The number of aryl methyl sites for hydroxylation is 1. The monoisotopic (exact) mass is 206 g/mol. The van der Waals surface area contributed by atoms with E-state index in [1.807, 2.05) is 6.92 Å². The second kappa shape index (κ2) is 4.35. The number of amides is 1. The normalized spacial score (nSPS) is 20.2. The Bertz CT molecular complexity index is 343. The van der Waals surface area contributed by atoms with E-state index >= 15 is 0 Å². The molecule has 0 saturated carbocycles. The molecule has 1 fully saturated rings. The van der Waals surface area contributed by atoms with Crippen molar-refractivity contribution in [3.8, 4) is 0 Å². The van der Waals surface area contributed by atoms with Gasteiger partial charge in [-0.2, -0.15) is 0 Å². The van der Waals surface area contributed by atoms with Gasteiger partial charge < -0.3 is 10.6 Å². The molecule has 0 bridgehead atoms. The average molecular weight is 206 g/mol. The lowest BCUT2D eigenvalue weighted by Gasteiger charge is -2.10. The van der Waals surface area contributed by atoms with Crippen molar-refractivity contribution in [2.45, 2.75) is 19.4 Å². The molecule has 2 heterocycles. The first-order valence-electron chi connectivity index (χ1n) is 5.06. The maximum absolute atomic E-state index is 11.7. The Morgan fingerprint density at radius 2 is 2.40 bits per heavy atom. The SMILES string of the molecule is Cc1cnc(C(=O)N[C@H]2CCNC2)cn1. The highest BCUT2D eigenvalue weighted by atomic mass is 16.1. The Kier molecular flexibility index (Phi) is 2.91. The second-order valence-electron chi connectivity index (χ2n) is 3.71. The van der Waals surface area contributed by atoms with Crippen molar-refractivity contribution in [3.05, 3.63) is 23.8 Å². The standard InChI is InChI=1S/C10H14N4O/c1-7-4-13-9(6-12-7)10(15)14-8-2-3-11-5-8/h4,6,8,11H,2-3,5H2,1H3,(H,14,15)/t8-/m0/s1. The van der Waals surface area contributed by atoms with Crippen molar-refractivity contribution < 1.29 is 4.79 Å². The molecular formula is C10H14N4O. The third-order valence-corrected chi connectivity index (χ3v) is 2.41. The van der Waals surface area contributed by atoms with E-state index in [-0.39, 0.29) is 11.9 Å².